The summed E-state index contributed by atoms with van der Waals surface area (Å²) in [5.74, 6) is 0.374. The molecular weight excluding hydrogens is 744 g/mol. The van der Waals surface area contributed by atoms with E-state index in [1.807, 2.05) is 31.2 Å². The number of likely N-dealkylation sites (tertiary alicyclic amines) is 1. The molecule has 2 fully saturated rings. The number of benzene rings is 3. The number of urea groups is 1. The van der Waals surface area contributed by atoms with Gasteiger partial charge < -0.3 is 20.4 Å². The summed E-state index contributed by atoms with van der Waals surface area (Å²) in [6.45, 7) is 6.82. The molecule has 2 aliphatic rings. The van der Waals surface area contributed by atoms with Gasteiger partial charge in [-0.1, -0.05) is 24.3 Å². The fourth-order valence-electron chi connectivity index (χ4n) is 6.84. The zero-order valence-electron chi connectivity index (χ0n) is 29.8. The van der Waals surface area contributed by atoms with Crippen molar-refractivity contribution in [2.45, 2.75) is 70.0 Å². The van der Waals surface area contributed by atoms with Gasteiger partial charge in [0, 0.05) is 26.2 Å². The lowest BCUT2D eigenvalue weighted by Gasteiger charge is -2.49. The van der Waals surface area contributed by atoms with Crippen LogP contribution in [0.3, 0.4) is 0 Å². The number of rotatable bonds is 5. The van der Waals surface area contributed by atoms with Crippen molar-refractivity contribution in [3.63, 3.8) is 0 Å². The number of fused-ring (bicyclic) bond motifs is 2. The highest BCUT2D eigenvalue weighted by Crippen LogP contribution is 2.43. The number of piperidine rings is 2. The van der Waals surface area contributed by atoms with Crippen LogP contribution in [0, 0.1) is 18.8 Å². The molecule has 0 spiro atoms. The summed E-state index contributed by atoms with van der Waals surface area (Å²) in [4.78, 5) is 16.8. The zero-order valence-corrected chi connectivity index (χ0v) is 29.8. The molecule has 3 aromatic rings. The molecule has 5 nitrogen and oxygen atoms in total. The van der Waals surface area contributed by atoms with Crippen LogP contribution in [0.2, 0.25) is 0 Å². The lowest BCUT2D eigenvalue weighted by Crippen LogP contribution is -2.56. The van der Waals surface area contributed by atoms with Crippen LogP contribution < -0.4 is 10.6 Å². The fraction of sp³-hybridized carbons (Fsp3) is 0.486. The molecule has 2 aliphatic heterocycles. The average Bonchev–Trinajstić information content (AvgIpc) is 3.09. The van der Waals surface area contributed by atoms with E-state index in [1.54, 1.807) is 4.90 Å². The fourth-order valence-corrected chi connectivity index (χ4v) is 6.84. The first-order valence-corrected chi connectivity index (χ1v) is 16.9. The maximum atomic E-state index is 13.8. The standard InChI is InChI=1S/C26H29F6N3O.C11H11F6N/c1-15-6-4-5-7-22(15)23-19-8-17(12-33-13-19)14-35(23)24(36)34(3)16(2)18-9-20(25(27,28)29)11-21(10-18)26(30,31)32;1-6(18-2)7-3-8(10(12,13)14)5-9(4-7)11(15,16)17/h4-7,9-11,16-17,19,23,33H,8,12-14H2,1-3H3;3-6,18H,1-2H3. The molecule has 0 radical (unpaired) electrons. The number of hydrogen-bond donors (Lipinski definition) is 2. The quantitative estimate of drug-likeness (QED) is 0.253. The Balaban J connectivity index is 0.000000304. The van der Waals surface area contributed by atoms with Gasteiger partial charge in [-0.2, -0.15) is 52.7 Å². The van der Waals surface area contributed by atoms with Gasteiger partial charge in [-0.05, 0) is 111 Å². The second kappa shape index (κ2) is 16.0. The molecule has 17 heteroatoms. The van der Waals surface area contributed by atoms with Crippen LogP contribution in [0.1, 0.15) is 82.9 Å². The number of amides is 2. The zero-order chi connectivity index (χ0) is 40.6. The number of nitrogens with one attached hydrogen (secondary N) is 2. The molecule has 2 heterocycles. The topological polar surface area (TPSA) is 47.6 Å². The lowest BCUT2D eigenvalue weighted by molar-refractivity contribution is -0.144. The van der Waals surface area contributed by atoms with Gasteiger partial charge in [-0.3, -0.25) is 0 Å². The minimum atomic E-state index is -4.95. The van der Waals surface area contributed by atoms with Gasteiger partial charge in [-0.25, -0.2) is 4.79 Å². The largest absolute Gasteiger partial charge is 0.416 e. The van der Waals surface area contributed by atoms with E-state index < -0.39 is 65.1 Å². The Labute approximate surface area is 304 Å². The van der Waals surface area contributed by atoms with E-state index in [-0.39, 0.29) is 41.1 Å². The molecule has 0 aromatic heterocycles. The van der Waals surface area contributed by atoms with Crippen LogP contribution in [0.5, 0.6) is 0 Å². The molecule has 2 N–H and O–H groups in total. The second-order valence-electron chi connectivity index (χ2n) is 13.7. The third-order valence-electron chi connectivity index (χ3n) is 9.98. The van der Waals surface area contributed by atoms with Crippen LogP contribution in [0.25, 0.3) is 0 Å². The molecule has 2 bridgehead atoms. The summed E-state index contributed by atoms with van der Waals surface area (Å²) < 4.78 is 155. The van der Waals surface area contributed by atoms with E-state index in [4.69, 9.17) is 0 Å². The monoisotopic (exact) mass is 784 g/mol. The molecule has 2 saturated heterocycles. The highest BCUT2D eigenvalue weighted by molar-refractivity contribution is 5.76. The van der Waals surface area contributed by atoms with E-state index in [0.29, 0.717) is 18.7 Å². The SMILES string of the molecule is CNC(C)c1cc(C(F)(F)F)cc(C(F)(F)F)c1.Cc1ccccc1C1C2CNCC(C2)CN1C(=O)N(C)C(C)c1cc(C(F)(F)F)cc(C(F)(F)F)c1. The normalized spacial score (nSPS) is 20.5. The van der Waals surface area contributed by atoms with Crippen LogP contribution >= 0.6 is 0 Å². The van der Waals surface area contributed by atoms with E-state index in [1.165, 1.54) is 32.8 Å². The number of carbonyl (C=O) groups is 1. The highest BCUT2D eigenvalue weighted by Gasteiger charge is 2.44. The van der Waals surface area contributed by atoms with E-state index in [2.05, 4.69) is 10.6 Å². The van der Waals surface area contributed by atoms with Gasteiger partial charge in [-0.15, -0.1) is 0 Å². The molecule has 0 saturated carbocycles. The predicted octanol–water partition coefficient (Wildman–Crippen LogP) is 10.4. The Morgan fingerprint density at radius 2 is 1.22 bits per heavy atom. The summed E-state index contributed by atoms with van der Waals surface area (Å²) in [6, 6.07) is 8.51. The molecule has 5 atom stereocenters. The predicted molar refractivity (Wildman–Crippen MR) is 177 cm³/mol. The van der Waals surface area contributed by atoms with Crippen molar-refractivity contribution in [3.05, 3.63) is 105 Å². The Kier molecular flexibility index (Phi) is 12.7. The van der Waals surface area contributed by atoms with Gasteiger partial charge in [0.2, 0.25) is 0 Å². The third kappa shape index (κ3) is 10.00. The Hall–Kier alpha value is -3.99. The van der Waals surface area contributed by atoms with Gasteiger partial charge in [0.05, 0.1) is 34.3 Å². The maximum Gasteiger partial charge on any atom is 0.416 e. The number of nitrogens with zero attached hydrogens (tertiary/aromatic N) is 2. The molecule has 54 heavy (non-hydrogen) atoms. The molecule has 5 unspecified atom stereocenters. The van der Waals surface area contributed by atoms with Crippen molar-refractivity contribution in [3.8, 4) is 0 Å². The van der Waals surface area contributed by atoms with Gasteiger partial charge in [0.25, 0.3) is 0 Å². The first kappa shape index (κ1) is 42.7. The molecule has 5 rings (SSSR count). The molecular formula is C37H40F12N4O. The molecule has 298 valence electrons. The number of alkyl halides is 12. The van der Waals surface area contributed by atoms with Crippen molar-refractivity contribution in [1.29, 1.82) is 0 Å². The first-order chi connectivity index (χ1) is 24.8. The summed E-state index contributed by atoms with van der Waals surface area (Å²) in [5, 5.41) is 6.02. The van der Waals surface area contributed by atoms with Crippen LogP contribution in [-0.2, 0) is 24.7 Å². The van der Waals surface area contributed by atoms with Crippen molar-refractivity contribution in [1.82, 2.24) is 20.4 Å². The minimum absolute atomic E-state index is 0.0559. The van der Waals surface area contributed by atoms with Gasteiger partial charge in [0.15, 0.2) is 0 Å². The van der Waals surface area contributed by atoms with Crippen molar-refractivity contribution >= 4 is 6.03 Å². The first-order valence-electron chi connectivity index (χ1n) is 16.9. The number of carbonyl (C=O) groups excluding carboxylic acids is 1. The second-order valence-corrected chi connectivity index (χ2v) is 13.7. The number of halogens is 12. The average molecular weight is 785 g/mol. The summed E-state index contributed by atoms with van der Waals surface area (Å²) >= 11 is 0. The van der Waals surface area contributed by atoms with Crippen molar-refractivity contribution in [2.24, 2.45) is 11.8 Å². The molecule has 3 aromatic carbocycles. The number of hydrogen-bond acceptors (Lipinski definition) is 3. The maximum absolute atomic E-state index is 13.8. The van der Waals surface area contributed by atoms with Gasteiger partial charge >= 0.3 is 30.7 Å². The van der Waals surface area contributed by atoms with E-state index >= 15 is 0 Å². The van der Waals surface area contributed by atoms with Crippen LogP contribution in [0.15, 0.2) is 60.7 Å². The number of aryl methyl sites for hydroxylation is 1. The van der Waals surface area contributed by atoms with Gasteiger partial charge in [0.1, 0.15) is 0 Å². The van der Waals surface area contributed by atoms with E-state index in [9.17, 15) is 57.5 Å². The highest BCUT2D eigenvalue weighted by atomic mass is 19.4. The minimum Gasteiger partial charge on any atom is -0.321 e. The Morgan fingerprint density at radius 3 is 1.67 bits per heavy atom. The van der Waals surface area contributed by atoms with Crippen LogP contribution in [-0.4, -0.2) is 49.6 Å². The summed E-state index contributed by atoms with van der Waals surface area (Å²) in [5.41, 5.74) is -3.64. The molecule has 2 amide bonds. The molecule has 0 aliphatic carbocycles. The van der Waals surface area contributed by atoms with Crippen molar-refractivity contribution < 1.29 is 57.5 Å². The summed E-state index contributed by atoms with van der Waals surface area (Å²) in [7, 11) is 2.89. The third-order valence-corrected chi connectivity index (χ3v) is 9.98. The lowest BCUT2D eigenvalue weighted by atomic mass is 9.76. The Morgan fingerprint density at radius 1 is 0.759 bits per heavy atom. The Bertz CT molecular complexity index is 1700. The van der Waals surface area contributed by atoms with E-state index in [0.717, 1.165) is 42.8 Å². The summed E-state index contributed by atoms with van der Waals surface area (Å²) in [6.07, 6.45) is -18.6. The smallest absolute Gasteiger partial charge is 0.321 e. The van der Waals surface area contributed by atoms with Crippen LogP contribution in [0.4, 0.5) is 57.5 Å². The van der Waals surface area contributed by atoms with Crippen molar-refractivity contribution in [2.75, 3.05) is 33.7 Å².